The number of hydrogen-bond acceptors (Lipinski definition) is 15. The molecule has 0 saturated carbocycles. The zero-order chi connectivity index (χ0) is 79.5. The number of rotatable bonds is 86. The van der Waals surface area contributed by atoms with E-state index >= 15 is 0 Å². The number of phosphoric acid groups is 2. The van der Waals surface area contributed by atoms with Crippen molar-refractivity contribution in [2.75, 3.05) is 39.6 Å². The second kappa shape index (κ2) is 77.6. The average molecular weight is 1580 g/mol. The van der Waals surface area contributed by atoms with Crippen molar-refractivity contribution in [1.82, 2.24) is 0 Å². The molecule has 0 spiro atoms. The number of ether oxygens (including phenoxy) is 4. The molecule has 642 valence electrons. The Bertz CT molecular complexity index is 2100. The number of aliphatic hydroxyl groups excluding tert-OH is 1. The molecular formula is C89H174O17P2. The number of unbranched alkanes of at least 4 members (excludes halogenated alkanes) is 51. The summed E-state index contributed by atoms with van der Waals surface area (Å²) >= 11 is 0. The van der Waals surface area contributed by atoms with Crippen molar-refractivity contribution in [3.8, 4) is 0 Å². The van der Waals surface area contributed by atoms with Crippen LogP contribution in [-0.2, 0) is 65.4 Å². The van der Waals surface area contributed by atoms with E-state index in [2.05, 4.69) is 55.4 Å². The fraction of sp³-hybridized carbons (Fsp3) is 0.955. The van der Waals surface area contributed by atoms with Crippen LogP contribution in [0.5, 0.6) is 0 Å². The van der Waals surface area contributed by atoms with Crippen LogP contribution in [0.1, 0.15) is 466 Å². The molecule has 0 saturated heterocycles. The van der Waals surface area contributed by atoms with Gasteiger partial charge in [-0.3, -0.25) is 37.3 Å². The molecular weight excluding hydrogens is 1400 g/mol. The second-order valence-electron chi connectivity index (χ2n) is 33.7. The van der Waals surface area contributed by atoms with Crippen LogP contribution < -0.4 is 0 Å². The first kappa shape index (κ1) is 106. The van der Waals surface area contributed by atoms with Crippen LogP contribution in [0.4, 0.5) is 0 Å². The third-order valence-electron chi connectivity index (χ3n) is 21.2. The molecule has 0 aliphatic heterocycles. The molecule has 6 atom stereocenters. The molecule has 0 aromatic rings. The van der Waals surface area contributed by atoms with Crippen molar-refractivity contribution in [1.29, 1.82) is 0 Å². The van der Waals surface area contributed by atoms with Crippen LogP contribution in [0.25, 0.3) is 0 Å². The maximum absolute atomic E-state index is 13.2. The lowest BCUT2D eigenvalue weighted by Crippen LogP contribution is -2.30. The molecule has 0 amide bonds. The van der Waals surface area contributed by atoms with Gasteiger partial charge in [-0.05, 0) is 49.4 Å². The van der Waals surface area contributed by atoms with Crippen molar-refractivity contribution in [3.05, 3.63) is 0 Å². The monoisotopic (exact) mass is 1580 g/mol. The van der Waals surface area contributed by atoms with Crippen LogP contribution in [0.2, 0.25) is 0 Å². The highest BCUT2D eigenvalue weighted by atomic mass is 31.2. The second-order valence-corrected chi connectivity index (χ2v) is 36.6. The summed E-state index contributed by atoms with van der Waals surface area (Å²) in [5, 5.41) is 10.7. The van der Waals surface area contributed by atoms with Crippen molar-refractivity contribution in [3.63, 3.8) is 0 Å². The summed E-state index contributed by atoms with van der Waals surface area (Å²) in [6.07, 6.45) is 68.0. The zero-order valence-corrected chi connectivity index (χ0v) is 73.3. The molecule has 0 aliphatic rings. The molecule has 0 aromatic heterocycles. The molecule has 17 nitrogen and oxygen atoms in total. The molecule has 0 aromatic carbocycles. The van der Waals surface area contributed by atoms with Gasteiger partial charge in [0, 0.05) is 25.7 Å². The third-order valence-corrected chi connectivity index (χ3v) is 23.1. The van der Waals surface area contributed by atoms with Crippen molar-refractivity contribution >= 4 is 39.5 Å². The normalized spacial score (nSPS) is 14.1. The minimum atomic E-state index is -4.97. The number of carbonyl (C=O) groups is 4. The first-order valence-electron chi connectivity index (χ1n) is 45.7. The van der Waals surface area contributed by atoms with Crippen LogP contribution >= 0.6 is 15.6 Å². The average Bonchev–Trinajstić information content (AvgIpc) is 0.899. The van der Waals surface area contributed by atoms with Gasteiger partial charge in [-0.1, -0.05) is 415 Å². The Kier molecular flexibility index (Phi) is 76.2. The Balaban J connectivity index is 5.25. The Labute approximate surface area is 664 Å². The summed E-state index contributed by atoms with van der Waals surface area (Å²) < 4.78 is 69.0. The summed E-state index contributed by atoms with van der Waals surface area (Å²) in [6.45, 7) is 14.4. The molecule has 0 radical (unpaired) electrons. The van der Waals surface area contributed by atoms with E-state index < -0.39 is 97.5 Å². The first-order chi connectivity index (χ1) is 52.1. The molecule has 0 bridgehead atoms. The summed E-state index contributed by atoms with van der Waals surface area (Å²) in [5.41, 5.74) is 0. The van der Waals surface area contributed by atoms with Crippen LogP contribution in [0.15, 0.2) is 0 Å². The van der Waals surface area contributed by atoms with Crippen molar-refractivity contribution in [2.45, 2.75) is 485 Å². The number of phosphoric ester groups is 2. The number of aliphatic hydroxyl groups is 1. The van der Waals surface area contributed by atoms with Gasteiger partial charge in [0.25, 0.3) is 0 Å². The van der Waals surface area contributed by atoms with Crippen LogP contribution in [0, 0.1) is 23.7 Å². The van der Waals surface area contributed by atoms with Crippen molar-refractivity contribution in [2.24, 2.45) is 23.7 Å². The quantitative estimate of drug-likeness (QED) is 0.0222. The third kappa shape index (κ3) is 80.7. The van der Waals surface area contributed by atoms with E-state index in [1.54, 1.807) is 0 Å². The number of esters is 4. The molecule has 3 N–H and O–H groups in total. The molecule has 0 aliphatic carbocycles. The van der Waals surface area contributed by atoms with E-state index in [4.69, 9.17) is 37.0 Å². The topological polar surface area (TPSA) is 237 Å². The van der Waals surface area contributed by atoms with Crippen LogP contribution in [-0.4, -0.2) is 96.7 Å². The van der Waals surface area contributed by atoms with Gasteiger partial charge in [0.1, 0.15) is 19.3 Å². The Morgan fingerprint density at radius 1 is 0.259 bits per heavy atom. The van der Waals surface area contributed by atoms with E-state index in [1.165, 1.54) is 270 Å². The Morgan fingerprint density at radius 2 is 0.444 bits per heavy atom. The predicted octanol–water partition coefficient (Wildman–Crippen LogP) is 27.1. The minimum absolute atomic E-state index is 0.107. The molecule has 0 heterocycles. The van der Waals surface area contributed by atoms with Gasteiger partial charge in [-0.25, -0.2) is 9.13 Å². The largest absolute Gasteiger partial charge is 0.472 e. The smallest absolute Gasteiger partial charge is 0.462 e. The highest BCUT2D eigenvalue weighted by Crippen LogP contribution is 2.45. The van der Waals surface area contributed by atoms with Gasteiger partial charge in [0.15, 0.2) is 12.2 Å². The van der Waals surface area contributed by atoms with E-state index in [-0.39, 0.29) is 25.7 Å². The number of carbonyl (C=O) groups excluding carboxylic acids is 4. The SMILES string of the molecule is CCC(C)CCCCCCCCCCCCCCCCC(=O)O[C@H](COC(=O)CCCCCCCCCCC(C)C)COP(=O)(O)OC[C@H](O)COP(=O)(O)OC[C@@H](COC(=O)CCCCCCCCCCCCCCCCCC(C)C)OC(=O)CCCCCCCCCCCCCCCCCCCCC(C)C. The minimum Gasteiger partial charge on any atom is -0.462 e. The Hall–Kier alpha value is -1.94. The molecule has 19 heteroatoms. The number of hydrogen-bond donors (Lipinski definition) is 3. The summed E-state index contributed by atoms with van der Waals surface area (Å²) in [5.74, 6) is 1.09. The van der Waals surface area contributed by atoms with E-state index in [0.29, 0.717) is 25.7 Å². The standard InChI is InChI=1S/C89H174O17P2/c1-9-82(8)68-60-52-44-35-29-23-19-20-26-32-38-48-56-64-72-89(94)106-85(76-100-87(92)70-62-54-46-40-39-43-51-59-67-81(6)7)78-104-108(97,98)102-74-83(90)73-101-107(95,96)103-77-84(75-99-86(91)69-61-53-45-36-30-24-18-14-16-22-28-34-42-50-58-66-80(4)5)105-88(93)71-63-55-47-37-31-25-17-13-11-10-12-15-21-27-33-41-49-57-65-79(2)3/h79-85,90H,9-78H2,1-8H3,(H,95,96)(H,97,98)/t82?,83-,84-,85-/m1/s1. The molecule has 0 rings (SSSR count). The van der Waals surface area contributed by atoms with Gasteiger partial charge in [-0.15, -0.1) is 0 Å². The van der Waals surface area contributed by atoms with E-state index in [0.717, 1.165) is 114 Å². The fourth-order valence-corrected chi connectivity index (χ4v) is 15.4. The van der Waals surface area contributed by atoms with E-state index in [9.17, 15) is 43.2 Å². The lowest BCUT2D eigenvalue weighted by molar-refractivity contribution is -0.161. The molecule has 108 heavy (non-hydrogen) atoms. The van der Waals surface area contributed by atoms with Gasteiger partial charge >= 0.3 is 39.5 Å². The van der Waals surface area contributed by atoms with E-state index in [1.807, 2.05) is 0 Å². The highest BCUT2D eigenvalue weighted by molar-refractivity contribution is 7.47. The Morgan fingerprint density at radius 3 is 0.657 bits per heavy atom. The summed E-state index contributed by atoms with van der Waals surface area (Å²) in [4.78, 5) is 73.3. The maximum Gasteiger partial charge on any atom is 0.472 e. The molecule has 0 fully saturated rings. The van der Waals surface area contributed by atoms with Crippen LogP contribution in [0.3, 0.4) is 0 Å². The van der Waals surface area contributed by atoms with Gasteiger partial charge in [0.05, 0.1) is 26.4 Å². The molecule has 3 unspecified atom stereocenters. The summed E-state index contributed by atoms with van der Waals surface area (Å²) in [7, 11) is -9.93. The van der Waals surface area contributed by atoms with Gasteiger partial charge < -0.3 is 33.8 Å². The lowest BCUT2D eigenvalue weighted by Gasteiger charge is -2.21. The first-order valence-corrected chi connectivity index (χ1v) is 48.7. The highest BCUT2D eigenvalue weighted by Gasteiger charge is 2.31. The zero-order valence-electron chi connectivity index (χ0n) is 71.5. The van der Waals surface area contributed by atoms with Gasteiger partial charge in [-0.2, -0.15) is 0 Å². The fourth-order valence-electron chi connectivity index (χ4n) is 13.8. The lowest BCUT2D eigenvalue weighted by atomic mass is 9.99. The van der Waals surface area contributed by atoms with Gasteiger partial charge in [0.2, 0.25) is 0 Å². The predicted molar refractivity (Wildman–Crippen MR) is 446 cm³/mol. The summed E-state index contributed by atoms with van der Waals surface area (Å²) in [6, 6.07) is 0. The van der Waals surface area contributed by atoms with Crippen molar-refractivity contribution < 1.29 is 80.2 Å². The maximum atomic E-state index is 13.2.